The highest BCUT2D eigenvalue weighted by Gasteiger charge is 2.60. The van der Waals surface area contributed by atoms with Crippen LogP contribution in [0.4, 0.5) is 4.79 Å². The predicted molar refractivity (Wildman–Crippen MR) is 74.2 cm³/mol. The average molecular weight is 280 g/mol. The molecule has 0 radical (unpaired) electrons. The number of hydrogen-bond acceptors (Lipinski definition) is 2. The third kappa shape index (κ3) is 1.82. The van der Waals surface area contributed by atoms with E-state index in [4.69, 9.17) is 5.11 Å². The van der Waals surface area contributed by atoms with Crippen molar-refractivity contribution in [2.24, 2.45) is 22.7 Å². The Morgan fingerprint density at radius 1 is 1.25 bits per heavy atom. The Morgan fingerprint density at radius 2 is 1.90 bits per heavy atom. The molecule has 112 valence electrons. The highest BCUT2D eigenvalue weighted by atomic mass is 16.4. The van der Waals surface area contributed by atoms with E-state index in [1.807, 2.05) is 0 Å². The van der Waals surface area contributed by atoms with Crippen molar-refractivity contribution in [2.75, 3.05) is 13.1 Å². The van der Waals surface area contributed by atoms with Gasteiger partial charge in [0, 0.05) is 19.1 Å². The maximum Gasteiger partial charge on any atom is 0.317 e. The van der Waals surface area contributed by atoms with Gasteiger partial charge in [-0.2, -0.15) is 0 Å². The van der Waals surface area contributed by atoms with Crippen LogP contribution in [0, 0.1) is 22.7 Å². The van der Waals surface area contributed by atoms with Gasteiger partial charge in [0.05, 0.1) is 5.92 Å². The Bertz CT molecular complexity index is 451. The second-order valence-corrected chi connectivity index (χ2v) is 7.74. The van der Waals surface area contributed by atoms with Gasteiger partial charge in [0.25, 0.3) is 0 Å². The number of hydrogen-bond donors (Lipinski definition) is 2. The van der Waals surface area contributed by atoms with E-state index in [-0.39, 0.29) is 28.8 Å². The van der Waals surface area contributed by atoms with E-state index in [1.165, 1.54) is 19.3 Å². The van der Waals surface area contributed by atoms with Crippen LogP contribution in [0.5, 0.6) is 0 Å². The van der Waals surface area contributed by atoms with E-state index in [0.717, 1.165) is 0 Å². The molecule has 1 aliphatic heterocycles. The van der Waals surface area contributed by atoms with Gasteiger partial charge < -0.3 is 15.3 Å². The summed E-state index contributed by atoms with van der Waals surface area (Å²) >= 11 is 0. The Labute approximate surface area is 119 Å². The lowest BCUT2D eigenvalue weighted by Gasteiger charge is -2.45. The molecule has 2 N–H and O–H groups in total. The summed E-state index contributed by atoms with van der Waals surface area (Å²) in [5, 5.41) is 12.1. The van der Waals surface area contributed by atoms with Crippen LogP contribution >= 0.6 is 0 Å². The third-order valence-electron chi connectivity index (χ3n) is 6.06. The number of aliphatic carboxylic acids is 1. The fraction of sp³-hybridized carbons (Fsp3) is 0.867. The molecule has 0 aromatic rings. The standard InChI is InChI=1S/C15H24N2O3/c1-14(2)10-4-5-15(3,6-10)12(14)16-13(20)17-7-9(8-17)11(18)19/h9-10,12H,4-8H2,1-3H3,(H,16,20)(H,18,19). The molecule has 3 unspecified atom stereocenters. The lowest BCUT2D eigenvalue weighted by atomic mass is 9.68. The number of likely N-dealkylation sites (tertiary alicyclic amines) is 1. The van der Waals surface area contributed by atoms with Crippen molar-refractivity contribution in [3.63, 3.8) is 0 Å². The van der Waals surface area contributed by atoms with Crippen LogP contribution in [-0.4, -0.2) is 41.1 Å². The van der Waals surface area contributed by atoms with E-state index >= 15 is 0 Å². The number of carboxylic acid groups (broad SMARTS) is 1. The number of carbonyl (C=O) groups is 2. The van der Waals surface area contributed by atoms with Gasteiger partial charge in [0.15, 0.2) is 0 Å². The third-order valence-corrected chi connectivity index (χ3v) is 6.06. The largest absolute Gasteiger partial charge is 0.481 e. The van der Waals surface area contributed by atoms with Gasteiger partial charge >= 0.3 is 12.0 Å². The first-order chi connectivity index (χ1) is 9.24. The summed E-state index contributed by atoms with van der Waals surface area (Å²) in [6.45, 7) is 7.47. The van der Waals surface area contributed by atoms with Crippen molar-refractivity contribution in [2.45, 2.75) is 46.1 Å². The maximum absolute atomic E-state index is 12.3. The van der Waals surface area contributed by atoms with Crippen LogP contribution < -0.4 is 5.32 Å². The van der Waals surface area contributed by atoms with Crippen molar-refractivity contribution in [1.82, 2.24) is 10.2 Å². The number of carbonyl (C=O) groups excluding carboxylic acids is 1. The summed E-state index contributed by atoms with van der Waals surface area (Å²) in [6, 6.07) is 0.111. The number of carboxylic acids is 1. The zero-order chi connectivity index (χ0) is 14.7. The summed E-state index contributed by atoms with van der Waals surface area (Å²) in [5.41, 5.74) is 0.348. The Kier molecular flexibility index (Phi) is 2.82. The van der Waals surface area contributed by atoms with E-state index in [2.05, 4.69) is 26.1 Å². The van der Waals surface area contributed by atoms with Crippen LogP contribution in [0.25, 0.3) is 0 Å². The molecule has 0 spiro atoms. The van der Waals surface area contributed by atoms with Crippen molar-refractivity contribution >= 4 is 12.0 Å². The minimum absolute atomic E-state index is 0.0886. The number of amides is 2. The molecular weight excluding hydrogens is 256 g/mol. The molecule has 5 heteroatoms. The molecule has 2 aliphatic carbocycles. The molecule has 3 rings (SSSR count). The summed E-state index contributed by atoms with van der Waals surface area (Å²) in [6.07, 6.45) is 3.65. The van der Waals surface area contributed by atoms with Crippen LogP contribution in [0.2, 0.25) is 0 Å². The van der Waals surface area contributed by atoms with Gasteiger partial charge in [0.2, 0.25) is 0 Å². The molecule has 20 heavy (non-hydrogen) atoms. The van der Waals surface area contributed by atoms with Gasteiger partial charge in [0.1, 0.15) is 0 Å². The molecule has 0 aromatic carbocycles. The van der Waals surface area contributed by atoms with Crippen LogP contribution in [-0.2, 0) is 4.79 Å². The van der Waals surface area contributed by atoms with Crippen molar-refractivity contribution in [3.05, 3.63) is 0 Å². The molecule has 2 bridgehead atoms. The average Bonchev–Trinajstić information content (AvgIpc) is 2.73. The Morgan fingerprint density at radius 3 is 2.40 bits per heavy atom. The van der Waals surface area contributed by atoms with E-state index in [0.29, 0.717) is 19.0 Å². The smallest absolute Gasteiger partial charge is 0.317 e. The lowest BCUT2D eigenvalue weighted by molar-refractivity contribution is -0.146. The molecule has 1 saturated heterocycles. The fourth-order valence-electron chi connectivity index (χ4n) is 4.68. The molecule has 3 atom stereocenters. The van der Waals surface area contributed by atoms with E-state index < -0.39 is 5.97 Å². The first-order valence-electron chi connectivity index (χ1n) is 7.52. The number of nitrogens with zero attached hydrogens (tertiary/aromatic N) is 1. The van der Waals surface area contributed by atoms with Crippen molar-refractivity contribution in [1.29, 1.82) is 0 Å². The SMILES string of the molecule is CC12CCC(C1)C(C)(C)C2NC(=O)N1CC(C(=O)O)C1. The molecule has 3 aliphatic rings. The van der Waals surface area contributed by atoms with Crippen molar-refractivity contribution in [3.8, 4) is 0 Å². The molecule has 0 aromatic heterocycles. The molecular formula is C15H24N2O3. The summed E-state index contributed by atoms with van der Waals surface area (Å²) in [7, 11) is 0. The number of nitrogens with one attached hydrogen (secondary N) is 1. The second-order valence-electron chi connectivity index (χ2n) is 7.74. The second kappa shape index (κ2) is 4.12. The predicted octanol–water partition coefficient (Wildman–Crippen LogP) is 1.93. The maximum atomic E-state index is 12.3. The minimum atomic E-state index is -0.804. The summed E-state index contributed by atoms with van der Waals surface area (Å²) in [5.74, 6) is -0.494. The molecule has 3 fully saturated rings. The zero-order valence-electron chi connectivity index (χ0n) is 12.5. The first-order valence-corrected chi connectivity index (χ1v) is 7.52. The monoisotopic (exact) mass is 280 g/mol. The molecule has 2 amide bonds. The Hall–Kier alpha value is -1.26. The lowest BCUT2D eigenvalue weighted by Crippen LogP contribution is -2.61. The quantitative estimate of drug-likeness (QED) is 0.812. The molecule has 1 heterocycles. The highest BCUT2D eigenvalue weighted by Crippen LogP contribution is 2.62. The van der Waals surface area contributed by atoms with Gasteiger partial charge in [-0.15, -0.1) is 0 Å². The van der Waals surface area contributed by atoms with Crippen LogP contribution in [0.15, 0.2) is 0 Å². The molecule has 5 nitrogen and oxygen atoms in total. The van der Waals surface area contributed by atoms with Gasteiger partial charge in [-0.25, -0.2) is 4.79 Å². The topological polar surface area (TPSA) is 69.6 Å². The summed E-state index contributed by atoms with van der Waals surface area (Å²) in [4.78, 5) is 24.7. The first kappa shape index (κ1) is 13.7. The van der Waals surface area contributed by atoms with Crippen molar-refractivity contribution < 1.29 is 14.7 Å². The number of fused-ring (bicyclic) bond motifs is 2. The van der Waals surface area contributed by atoms with Crippen LogP contribution in [0.1, 0.15) is 40.0 Å². The van der Waals surface area contributed by atoms with Gasteiger partial charge in [-0.3, -0.25) is 4.79 Å². The van der Waals surface area contributed by atoms with E-state index in [9.17, 15) is 9.59 Å². The number of urea groups is 1. The Balaban J connectivity index is 1.64. The fourth-order valence-corrected chi connectivity index (χ4v) is 4.68. The van der Waals surface area contributed by atoms with Gasteiger partial charge in [-0.1, -0.05) is 20.8 Å². The molecule has 2 saturated carbocycles. The minimum Gasteiger partial charge on any atom is -0.481 e. The zero-order valence-corrected chi connectivity index (χ0v) is 12.5. The normalized spacial score (nSPS) is 38.6. The van der Waals surface area contributed by atoms with Gasteiger partial charge in [-0.05, 0) is 36.0 Å². The number of rotatable bonds is 2. The van der Waals surface area contributed by atoms with Crippen LogP contribution in [0.3, 0.4) is 0 Å². The van der Waals surface area contributed by atoms with E-state index in [1.54, 1.807) is 4.90 Å². The summed E-state index contributed by atoms with van der Waals surface area (Å²) < 4.78 is 0. The highest BCUT2D eigenvalue weighted by molar-refractivity contribution is 5.80.